The molecule has 0 fully saturated rings. The van der Waals surface area contributed by atoms with Crippen molar-refractivity contribution >= 4 is 23.5 Å². The SMILES string of the molecule is CCOC(=O)C(=O)Nc1ccc(Oc2ccc(O)c(C(=O)O)c2)cc1. The van der Waals surface area contributed by atoms with E-state index >= 15 is 0 Å². The number of benzene rings is 2. The van der Waals surface area contributed by atoms with Crippen LogP contribution in [0.2, 0.25) is 0 Å². The minimum Gasteiger partial charge on any atom is -0.507 e. The highest BCUT2D eigenvalue weighted by Crippen LogP contribution is 2.27. The van der Waals surface area contributed by atoms with Gasteiger partial charge in [-0.25, -0.2) is 9.59 Å². The molecule has 0 saturated carbocycles. The second-order valence-corrected chi connectivity index (χ2v) is 4.79. The Kier molecular flexibility index (Phi) is 5.57. The predicted molar refractivity (Wildman–Crippen MR) is 86.8 cm³/mol. The summed E-state index contributed by atoms with van der Waals surface area (Å²) in [5.74, 6) is -2.92. The van der Waals surface area contributed by atoms with Crippen molar-refractivity contribution in [2.45, 2.75) is 6.92 Å². The van der Waals surface area contributed by atoms with Crippen LogP contribution in [0.5, 0.6) is 17.2 Å². The summed E-state index contributed by atoms with van der Waals surface area (Å²) in [6.07, 6.45) is 0. The molecule has 0 spiro atoms. The molecule has 8 heteroatoms. The highest BCUT2D eigenvalue weighted by atomic mass is 16.5. The third-order valence-electron chi connectivity index (χ3n) is 3.01. The van der Waals surface area contributed by atoms with E-state index < -0.39 is 17.8 Å². The summed E-state index contributed by atoms with van der Waals surface area (Å²) < 4.78 is 10.1. The Labute approximate surface area is 142 Å². The first-order chi connectivity index (χ1) is 11.9. The van der Waals surface area contributed by atoms with Crippen molar-refractivity contribution in [2.75, 3.05) is 11.9 Å². The van der Waals surface area contributed by atoms with Gasteiger partial charge in [0.15, 0.2) is 0 Å². The number of aromatic carboxylic acids is 1. The van der Waals surface area contributed by atoms with E-state index in [1.807, 2.05) is 0 Å². The molecule has 25 heavy (non-hydrogen) atoms. The Morgan fingerprint density at radius 1 is 1.04 bits per heavy atom. The molecule has 0 aliphatic carbocycles. The van der Waals surface area contributed by atoms with Gasteiger partial charge in [0.1, 0.15) is 22.8 Å². The molecule has 0 unspecified atom stereocenters. The maximum Gasteiger partial charge on any atom is 0.397 e. The average Bonchev–Trinajstić information content (AvgIpc) is 2.58. The number of rotatable bonds is 5. The van der Waals surface area contributed by atoms with Gasteiger partial charge in [-0.15, -0.1) is 0 Å². The summed E-state index contributed by atoms with van der Waals surface area (Å²) in [5.41, 5.74) is 0.0816. The van der Waals surface area contributed by atoms with E-state index in [-0.39, 0.29) is 23.7 Å². The number of hydrogen-bond donors (Lipinski definition) is 3. The van der Waals surface area contributed by atoms with Crippen molar-refractivity contribution < 1.29 is 34.1 Å². The number of carboxylic acids is 1. The summed E-state index contributed by atoms with van der Waals surface area (Å²) in [7, 11) is 0. The maximum atomic E-state index is 11.5. The first-order valence-corrected chi connectivity index (χ1v) is 7.23. The van der Waals surface area contributed by atoms with Gasteiger partial charge in [-0.1, -0.05) is 0 Å². The zero-order valence-corrected chi connectivity index (χ0v) is 13.2. The predicted octanol–water partition coefficient (Wildman–Crippen LogP) is 2.38. The molecule has 0 saturated heterocycles. The number of esters is 1. The number of ether oxygens (including phenoxy) is 2. The lowest BCUT2D eigenvalue weighted by atomic mass is 10.2. The van der Waals surface area contributed by atoms with Crippen LogP contribution in [0.1, 0.15) is 17.3 Å². The van der Waals surface area contributed by atoms with Crippen LogP contribution < -0.4 is 10.1 Å². The van der Waals surface area contributed by atoms with Crippen molar-refractivity contribution in [1.29, 1.82) is 0 Å². The summed E-state index contributed by atoms with van der Waals surface area (Å²) >= 11 is 0. The molecular formula is C17H15NO7. The first kappa shape index (κ1) is 17.8. The number of hydrogen-bond acceptors (Lipinski definition) is 6. The molecule has 0 atom stereocenters. The summed E-state index contributed by atoms with van der Waals surface area (Å²) in [5, 5.41) is 20.8. The fraction of sp³-hybridized carbons (Fsp3) is 0.118. The van der Waals surface area contributed by atoms with Gasteiger partial charge in [0.2, 0.25) is 0 Å². The van der Waals surface area contributed by atoms with E-state index in [4.69, 9.17) is 9.84 Å². The monoisotopic (exact) mass is 345 g/mol. The van der Waals surface area contributed by atoms with Crippen LogP contribution in [0.3, 0.4) is 0 Å². The largest absolute Gasteiger partial charge is 0.507 e. The molecule has 0 radical (unpaired) electrons. The van der Waals surface area contributed by atoms with Crippen LogP contribution in [-0.4, -0.2) is 34.7 Å². The number of carbonyl (C=O) groups is 3. The highest BCUT2D eigenvalue weighted by molar-refractivity contribution is 6.37. The lowest BCUT2D eigenvalue weighted by Crippen LogP contribution is -2.24. The van der Waals surface area contributed by atoms with Gasteiger partial charge < -0.3 is 25.0 Å². The molecule has 0 heterocycles. The Bertz CT molecular complexity index is 799. The number of aromatic hydroxyl groups is 1. The third-order valence-corrected chi connectivity index (χ3v) is 3.01. The standard InChI is InChI=1S/C17H15NO7/c1-2-24-17(23)15(20)18-10-3-5-11(6-4-10)25-12-7-8-14(19)13(9-12)16(21)22/h3-9,19H,2H2,1H3,(H,18,20)(H,21,22). The van der Waals surface area contributed by atoms with Crippen molar-refractivity contribution in [3.8, 4) is 17.2 Å². The number of nitrogens with one attached hydrogen (secondary N) is 1. The maximum absolute atomic E-state index is 11.5. The van der Waals surface area contributed by atoms with Crippen molar-refractivity contribution in [3.05, 3.63) is 48.0 Å². The van der Waals surface area contributed by atoms with Crippen molar-refractivity contribution in [2.24, 2.45) is 0 Å². The molecule has 1 amide bonds. The van der Waals surface area contributed by atoms with Gasteiger partial charge in [0.05, 0.1) is 6.61 Å². The second kappa shape index (κ2) is 7.82. The van der Waals surface area contributed by atoms with Gasteiger partial charge in [-0.3, -0.25) is 4.79 Å². The minimum atomic E-state index is -1.28. The van der Waals surface area contributed by atoms with Crippen LogP contribution in [0.15, 0.2) is 42.5 Å². The molecule has 0 aliphatic heterocycles. The zero-order valence-electron chi connectivity index (χ0n) is 13.2. The van der Waals surface area contributed by atoms with E-state index in [9.17, 15) is 19.5 Å². The fourth-order valence-electron chi connectivity index (χ4n) is 1.87. The van der Waals surface area contributed by atoms with E-state index in [0.29, 0.717) is 11.4 Å². The van der Waals surface area contributed by atoms with Gasteiger partial charge in [0, 0.05) is 5.69 Å². The number of phenols is 1. The van der Waals surface area contributed by atoms with Crippen LogP contribution in [-0.2, 0) is 14.3 Å². The second-order valence-electron chi connectivity index (χ2n) is 4.79. The van der Waals surface area contributed by atoms with E-state index in [1.165, 1.54) is 42.5 Å². The highest BCUT2D eigenvalue weighted by Gasteiger charge is 2.15. The molecule has 2 aromatic rings. The van der Waals surface area contributed by atoms with E-state index in [1.54, 1.807) is 6.92 Å². The van der Waals surface area contributed by atoms with Gasteiger partial charge in [-0.2, -0.15) is 0 Å². The molecule has 2 aromatic carbocycles. The van der Waals surface area contributed by atoms with Gasteiger partial charge >= 0.3 is 17.8 Å². The molecule has 0 aromatic heterocycles. The van der Waals surface area contributed by atoms with Gasteiger partial charge in [-0.05, 0) is 49.4 Å². The van der Waals surface area contributed by atoms with Crippen LogP contribution in [0.25, 0.3) is 0 Å². The Morgan fingerprint density at radius 2 is 1.68 bits per heavy atom. The number of anilines is 1. The Balaban J connectivity index is 2.06. The molecule has 2 rings (SSSR count). The Morgan fingerprint density at radius 3 is 2.28 bits per heavy atom. The Hall–Kier alpha value is -3.55. The molecule has 130 valence electrons. The smallest absolute Gasteiger partial charge is 0.397 e. The zero-order chi connectivity index (χ0) is 18.4. The van der Waals surface area contributed by atoms with Crippen LogP contribution in [0, 0.1) is 0 Å². The van der Waals surface area contributed by atoms with Crippen molar-refractivity contribution in [3.63, 3.8) is 0 Å². The van der Waals surface area contributed by atoms with Crippen LogP contribution >= 0.6 is 0 Å². The molecular weight excluding hydrogens is 330 g/mol. The molecule has 0 bridgehead atoms. The number of amides is 1. The number of carboxylic acid groups (broad SMARTS) is 1. The number of carbonyl (C=O) groups excluding carboxylic acids is 2. The lowest BCUT2D eigenvalue weighted by Gasteiger charge is -2.09. The first-order valence-electron chi connectivity index (χ1n) is 7.23. The van der Waals surface area contributed by atoms with E-state index in [2.05, 4.69) is 10.1 Å². The summed E-state index contributed by atoms with van der Waals surface area (Å²) in [4.78, 5) is 33.7. The minimum absolute atomic E-state index is 0.101. The third kappa shape index (κ3) is 4.71. The molecule has 3 N–H and O–H groups in total. The average molecular weight is 345 g/mol. The van der Waals surface area contributed by atoms with Gasteiger partial charge in [0.25, 0.3) is 0 Å². The van der Waals surface area contributed by atoms with E-state index in [0.717, 1.165) is 0 Å². The molecule has 8 nitrogen and oxygen atoms in total. The van der Waals surface area contributed by atoms with Crippen LogP contribution in [0.4, 0.5) is 5.69 Å². The normalized spacial score (nSPS) is 9.96. The molecule has 0 aliphatic rings. The summed E-state index contributed by atoms with van der Waals surface area (Å²) in [6, 6.07) is 9.87. The van der Waals surface area contributed by atoms with Crippen molar-refractivity contribution in [1.82, 2.24) is 0 Å². The topological polar surface area (TPSA) is 122 Å². The quantitative estimate of drug-likeness (QED) is 0.561. The summed E-state index contributed by atoms with van der Waals surface area (Å²) in [6.45, 7) is 1.69. The lowest BCUT2D eigenvalue weighted by molar-refractivity contribution is -0.152. The fourth-order valence-corrected chi connectivity index (χ4v) is 1.87.